The van der Waals surface area contributed by atoms with Gasteiger partial charge in [0.05, 0.1) is 66.1 Å². The maximum atomic E-state index is 13.5. The van der Waals surface area contributed by atoms with Crippen LogP contribution in [0.15, 0.2) is 0 Å². The first-order chi connectivity index (χ1) is 24.5. The molecule has 0 rings (SSSR count). The van der Waals surface area contributed by atoms with Gasteiger partial charge in [0.2, 0.25) is 5.78 Å². The van der Waals surface area contributed by atoms with Gasteiger partial charge in [-0.1, -0.05) is 11.8 Å². The third-order valence-corrected chi connectivity index (χ3v) is 7.27. The van der Waals surface area contributed by atoms with Crippen LogP contribution in [0.3, 0.4) is 0 Å². The van der Waals surface area contributed by atoms with E-state index < -0.39 is 112 Å². The second-order valence-corrected chi connectivity index (χ2v) is 12.0. The molecule has 0 bridgehead atoms. The Labute approximate surface area is 298 Å². The summed E-state index contributed by atoms with van der Waals surface area (Å²) in [4.78, 5) is 22.6. The molecule has 0 saturated heterocycles. The van der Waals surface area contributed by atoms with E-state index in [1.807, 2.05) is 0 Å². The molecule has 0 atom stereocenters. The van der Waals surface area contributed by atoms with Crippen molar-refractivity contribution in [3.63, 3.8) is 0 Å². The Bertz CT molecular complexity index is 1060. The van der Waals surface area contributed by atoms with E-state index in [1.54, 1.807) is 0 Å². The first kappa shape index (κ1) is 53.0. The molecule has 0 N–H and O–H groups in total. The molecule has 0 aliphatic heterocycles. The monoisotopic (exact) mass is 886 g/mol. The number of ether oxygens (including phenoxy) is 6. The molecule has 0 heterocycles. The summed E-state index contributed by atoms with van der Waals surface area (Å²) in [6.07, 6.45) is -56.0. The van der Waals surface area contributed by atoms with Crippen molar-refractivity contribution in [3.05, 3.63) is 0 Å². The minimum absolute atomic E-state index is 0.0267. The zero-order valence-corrected chi connectivity index (χ0v) is 27.9. The topological polar surface area (TPSA) is 89.5 Å². The molecule has 8 nitrogen and oxygen atoms in total. The Hall–Kier alpha value is -2.02. The number of thioether (sulfide) groups is 1. The predicted molar refractivity (Wildman–Crippen MR) is 138 cm³/mol. The van der Waals surface area contributed by atoms with E-state index in [4.69, 9.17) is 14.2 Å². The average molecular weight is 887 g/mol. The number of carbonyl (C=O) groups is 2. The zero-order chi connectivity index (χ0) is 43.6. The van der Waals surface area contributed by atoms with E-state index in [2.05, 4.69) is 14.2 Å². The lowest BCUT2D eigenvalue weighted by Gasteiger charge is -2.43. The van der Waals surface area contributed by atoms with Gasteiger partial charge in [0.15, 0.2) is 5.12 Å². The Morgan fingerprint density at radius 2 is 0.727 bits per heavy atom. The van der Waals surface area contributed by atoms with Crippen molar-refractivity contribution in [2.45, 2.75) is 67.8 Å². The highest BCUT2D eigenvalue weighted by Crippen LogP contribution is 2.57. The van der Waals surface area contributed by atoms with Crippen LogP contribution in [0.25, 0.3) is 0 Å². The molecule has 0 radical (unpaired) electrons. The molecule has 0 aliphatic carbocycles. The molecule has 0 aliphatic rings. The summed E-state index contributed by atoms with van der Waals surface area (Å²) in [6, 6.07) is 0. The van der Waals surface area contributed by atoms with Gasteiger partial charge >= 0.3 is 54.4 Å². The van der Waals surface area contributed by atoms with Crippen LogP contribution < -0.4 is 0 Å². The van der Waals surface area contributed by atoms with Gasteiger partial charge in [-0.2, -0.15) is 92.2 Å². The largest absolute Gasteiger partial charge is 0.449 e. The molecule has 0 fully saturated rings. The van der Waals surface area contributed by atoms with Gasteiger partial charge in [0.1, 0.15) is 0 Å². The Morgan fingerprint density at radius 3 is 1.00 bits per heavy atom. The maximum Gasteiger partial charge on any atom is 0.449 e. The van der Waals surface area contributed by atoms with Gasteiger partial charge in [-0.3, -0.25) is 9.59 Å². The Balaban J connectivity index is 6.69. The van der Waals surface area contributed by atoms with Crippen LogP contribution in [0.5, 0.6) is 0 Å². The van der Waals surface area contributed by atoms with Crippen molar-refractivity contribution in [3.8, 4) is 0 Å². The molecule has 0 aromatic heterocycles. The second-order valence-electron chi connectivity index (χ2n) is 10.8. The Morgan fingerprint density at radius 1 is 0.436 bits per heavy atom. The van der Waals surface area contributed by atoms with Crippen LogP contribution >= 0.6 is 11.8 Å². The van der Waals surface area contributed by atoms with Crippen molar-refractivity contribution in [1.82, 2.24) is 0 Å². The summed E-state index contributed by atoms with van der Waals surface area (Å²) in [7, 11) is 0. The van der Waals surface area contributed by atoms with Crippen LogP contribution in [0, 0.1) is 5.41 Å². The number of hydrogen-bond acceptors (Lipinski definition) is 9. The van der Waals surface area contributed by atoms with Crippen LogP contribution in [-0.2, 0) is 38.0 Å². The highest BCUT2D eigenvalue weighted by Gasteiger charge is 2.87. The fourth-order valence-electron chi connectivity index (χ4n) is 3.89. The lowest BCUT2D eigenvalue weighted by Crippen LogP contribution is -2.69. The van der Waals surface area contributed by atoms with Crippen LogP contribution in [0.4, 0.5) is 92.2 Å². The van der Waals surface area contributed by atoms with Crippen LogP contribution in [0.1, 0.15) is 13.3 Å². The number of hydrogen-bond donors (Lipinski definition) is 0. The Kier molecular flexibility index (Phi) is 18.9. The number of ketones is 1. The van der Waals surface area contributed by atoms with Gasteiger partial charge in [-0.25, -0.2) is 0 Å². The molecule has 328 valence electrons. The molecule has 0 aromatic rings. The minimum Gasteiger partial charge on any atom is -0.378 e. The number of Topliss-reactive ketones (excluding diaryl/α,β-unsaturated/α-hetero) is 1. The molecule has 0 amide bonds. The average Bonchev–Trinajstić information content (AvgIpc) is 2.92. The summed E-state index contributed by atoms with van der Waals surface area (Å²) in [5, 5.41) is -0.194. The van der Waals surface area contributed by atoms with Gasteiger partial charge in [0.25, 0.3) is 0 Å². The van der Waals surface area contributed by atoms with E-state index in [-0.39, 0.29) is 31.5 Å². The first-order valence-electron chi connectivity index (χ1n) is 14.2. The highest BCUT2D eigenvalue weighted by molar-refractivity contribution is 8.13. The van der Waals surface area contributed by atoms with Crippen LogP contribution in [0.2, 0.25) is 0 Å². The summed E-state index contributed by atoms with van der Waals surface area (Å²) in [6.45, 7) is -11.0. The normalized spacial score (nSPS) is 14.8. The second kappa shape index (κ2) is 19.6. The van der Waals surface area contributed by atoms with Gasteiger partial charge in [-0.15, -0.1) is 0 Å². The lowest BCUT2D eigenvalue weighted by molar-refractivity contribution is -0.467. The number of halogens is 21. The lowest BCUT2D eigenvalue weighted by atomic mass is 9.83. The van der Waals surface area contributed by atoms with Crippen molar-refractivity contribution in [2.24, 2.45) is 5.41 Å². The summed E-state index contributed by atoms with van der Waals surface area (Å²) < 4.78 is 307. The van der Waals surface area contributed by atoms with Crippen LogP contribution in [-0.4, -0.2) is 137 Å². The molecule has 0 unspecified atom stereocenters. The third kappa shape index (κ3) is 14.4. The molecule has 0 aromatic carbocycles. The van der Waals surface area contributed by atoms with Crippen molar-refractivity contribution in [1.29, 1.82) is 0 Å². The smallest absolute Gasteiger partial charge is 0.378 e. The number of rotatable bonds is 22. The zero-order valence-electron chi connectivity index (χ0n) is 27.1. The highest BCUT2D eigenvalue weighted by atomic mass is 32.2. The quantitative estimate of drug-likeness (QED) is 0.0802. The molecular weight excluding hydrogens is 859 g/mol. The van der Waals surface area contributed by atoms with Gasteiger partial charge in [0, 0.05) is 24.5 Å². The molecule has 0 saturated carbocycles. The fourth-order valence-corrected chi connectivity index (χ4v) is 4.38. The van der Waals surface area contributed by atoms with E-state index in [9.17, 15) is 102 Å². The van der Waals surface area contributed by atoms with E-state index >= 15 is 0 Å². The van der Waals surface area contributed by atoms with E-state index in [0.29, 0.717) is 5.75 Å². The van der Waals surface area contributed by atoms with Crippen molar-refractivity contribution >= 4 is 22.7 Å². The van der Waals surface area contributed by atoms with Gasteiger partial charge in [-0.05, 0) is 0 Å². The predicted octanol–water partition coefficient (Wildman–Crippen LogP) is 7.73. The fraction of sp³-hybridized carbons (Fsp3) is 0.920. The number of carbonyl (C=O) groups excluding carboxylic acids is 2. The van der Waals surface area contributed by atoms with Crippen molar-refractivity contribution < 1.29 is 130 Å². The minimum atomic E-state index is -7.75. The van der Waals surface area contributed by atoms with Crippen molar-refractivity contribution in [2.75, 3.05) is 71.8 Å². The number of alkyl halides is 21. The standard InChI is InChI=1S/C25H27F21O8S/c1-14(47)55-9-8-51-5-4-49-2-3-50-6-7-52-11-16(10-15(48)17(26,27)28,12-53-18(20(29,30)31,21(32,33)34)22(35,36)37)13-54-19(23(38,39)40,24(41,42)43)25(44,45)46/h2-13H2,1H3. The van der Waals surface area contributed by atoms with Gasteiger partial charge < -0.3 is 28.4 Å². The summed E-state index contributed by atoms with van der Waals surface area (Å²) >= 11 is 0.943. The molecule has 0 spiro atoms. The summed E-state index contributed by atoms with van der Waals surface area (Å²) in [5.74, 6) is -3.24. The van der Waals surface area contributed by atoms with E-state index in [1.165, 1.54) is 6.92 Å². The SMILES string of the molecule is CC(=O)SCCOCCOCCOCCOCC(COC(C(F)(F)F)(C(F)(F)F)C(F)(F)F)(COC(C(F)(F)F)(C(F)(F)F)C(F)(F)F)CC(=O)C(F)(F)F. The first-order valence-corrected chi connectivity index (χ1v) is 15.2. The molecule has 55 heavy (non-hydrogen) atoms. The third-order valence-electron chi connectivity index (χ3n) is 6.49. The molecule has 30 heteroatoms. The maximum absolute atomic E-state index is 13.5. The van der Waals surface area contributed by atoms with E-state index in [0.717, 1.165) is 11.8 Å². The summed E-state index contributed by atoms with van der Waals surface area (Å²) in [5.41, 5.74) is -19.6. The molecular formula is C25H27F21O8S.